The molecule has 1 aliphatic heterocycles. The van der Waals surface area contributed by atoms with E-state index in [1.54, 1.807) is 17.0 Å². The lowest BCUT2D eigenvalue weighted by atomic mass is 10.1. The Morgan fingerprint density at radius 1 is 1.53 bits per heavy atom. The maximum atomic E-state index is 13.3. The molecule has 1 aromatic rings. The Balaban J connectivity index is 2.16. The standard InChI is InChI=1S/C14H19FN2O2/c15-12-3-1-4-13(9-12)17(7-2-6-16)14(18)11-5-8-19-10-11/h1,3-4,9,11H,2,5-8,10,16H2. The van der Waals surface area contributed by atoms with Crippen molar-refractivity contribution in [2.75, 3.05) is 31.2 Å². The van der Waals surface area contributed by atoms with E-state index in [1.165, 1.54) is 12.1 Å². The molecular weight excluding hydrogens is 247 g/mol. The second kappa shape index (κ2) is 6.63. The molecule has 1 aliphatic rings. The largest absolute Gasteiger partial charge is 0.381 e. The van der Waals surface area contributed by atoms with Crippen LogP contribution in [-0.2, 0) is 9.53 Å². The number of ether oxygens (including phenoxy) is 1. The minimum atomic E-state index is -0.342. The zero-order chi connectivity index (χ0) is 13.7. The quantitative estimate of drug-likeness (QED) is 0.879. The van der Waals surface area contributed by atoms with Crippen molar-refractivity contribution in [3.63, 3.8) is 0 Å². The number of amides is 1. The first kappa shape index (κ1) is 14.0. The molecule has 1 heterocycles. The van der Waals surface area contributed by atoms with E-state index in [0.29, 0.717) is 38.4 Å². The van der Waals surface area contributed by atoms with Crippen LogP contribution in [0.15, 0.2) is 24.3 Å². The monoisotopic (exact) mass is 266 g/mol. The van der Waals surface area contributed by atoms with Gasteiger partial charge in [0.25, 0.3) is 0 Å². The molecule has 1 unspecified atom stereocenters. The van der Waals surface area contributed by atoms with Crippen LogP contribution >= 0.6 is 0 Å². The molecule has 0 spiro atoms. The van der Waals surface area contributed by atoms with E-state index >= 15 is 0 Å². The number of anilines is 1. The Bertz CT molecular complexity index is 433. The fraction of sp³-hybridized carbons (Fsp3) is 0.500. The highest BCUT2D eigenvalue weighted by atomic mass is 19.1. The lowest BCUT2D eigenvalue weighted by molar-refractivity contribution is -0.122. The van der Waals surface area contributed by atoms with Gasteiger partial charge in [0.05, 0.1) is 12.5 Å². The summed E-state index contributed by atoms with van der Waals surface area (Å²) in [7, 11) is 0. The molecule has 4 nitrogen and oxygen atoms in total. The summed E-state index contributed by atoms with van der Waals surface area (Å²) in [5.74, 6) is -0.469. The predicted octanol–water partition coefficient (Wildman–Crippen LogP) is 1.54. The van der Waals surface area contributed by atoms with Gasteiger partial charge in [0, 0.05) is 18.8 Å². The van der Waals surface area contributed by atoms with Crippen molar-refractivity contribution in [3.05, 3.63) is 30.1 Å². The van der Waals surface area contributed by atoms with Crippen molar-refractivity contribution in [2.24, 2.45) is 11.7 Å². The second-order valence-electron chi connectivity index (χ2n) is 4.67. The van der Waals surface area contributed by atoms with E-state index < -0.39 is 0 Å². The summed E-state index contributed by atoms with van der Waals surface area (Å²) >= 11 is 0. The van der Waals surface area contributed by atoms with Gasteiger partial charge >= 0.3 is 0 Å². The van der Waals surface area contributed by atoms with Gasteiger partial charge in [-0.3, -0.25) is 4.79 Å². The van der Waals surface area contributed by atoms with Crippen LogP contribution in [0.4, 0.5) is 10.1 Å². The van der Waals surface area contributed by atoms with Crippen LogP contribution in [-0.4, -0.2) is 32.2 Å². The van der Waals surface area contributed by atoms with E-state index in [1.807, 2.05) is 0 Å². The first-order valence-corrected chi connectivity index (χ1v) is 6.57. The van der Waals surface area contributed by atoms with E-state index in [4.69, 9.17) is 10.5 Å². The van der Waals surface area contributed by atoms with Gasteiger partial charge in [0.2, 0.25) is 5.91 Å². The van der Waals surface area contributed by atoms with Gasteiger partial charge in [-0.25, -0.2) is 4.39 Å². The van der Waals surface area contributed by atoms with Crippen LogP contribution in [0.25, 0.3) is 0 Å². The van der Waals surface area contributed by atoms with Gasteiger partial charge in [0.15, 0.2) is 0 Å². The number of rotatable bonds is 5. The maximum absolute atomic E-state index is 13.3. The maximum Gasteiger partial charge on any atom is 0.232 e. The van der Waals surface area contributed by atoms with Gasteiger partial charge in [-0.05, 0) is 37.6 Å². The lowest BCUT2D eigenvalue weighted by Crippen LogP contribution is -2.38. The Hall–Kier alpha value is -1.46. The zero-order valence-electron chi connectivity index (χ0n) is 10.8. The van der Waals surface area contributed by atoms with Crippen molar-refractivity contribution in [1.82, 2.24) is 0 Å². The summed E-state index contributed by atoms with van der Waals surface area (Å²) in [6.45, 7) is 2.08. The smallest absolute Gasteiger partial charge is 0.232 e. The number of carbonyl (C=O) groups is 1. The molecule has 19 heavy (non-hydrogen) atoms. The van der Waals surface area contributed by atoms with Gasteiger partial charge in [-0.1, -0.05) is 6.07 Å². The highest BCUT2D eigenvalue weighted by Crippen LogP contribution is 2.22. The Labute approximate surface area is 112 Å². The van der Waals surface area contributed by atoms with E-state index in [-0.39, 0.29) is 17.6 Å². The van der Waals surface area contributed by atoms with Crippen LogP contribution in [0.5, 0.6) is 0 Å². The Kier molecular flexibility index (Phi) is 4.87. The average Bonchev–Trinajstić information content (AvgIpc) is 2.93. The topological polar surface area (TPSA) is 55.6 Å². The van der Waals surface area contributed by atoms with Gasteiger partial charge in [0.1, 0.15) is 5.82 Å². The highest BCUT2D eigenvalue weighted by molar-refractivity contribution is 5.95. The third kappa shape index (κ3) is 3.52. The van der Waals surface area contributed by atoms with Crippen LogP contribution < -0.4 is 10.6 Å². The number of halogens is 1. The molecule has 1 amide bonds. The molecule has 2 N–H and O–H groups in total. The average molecular weight is 266 g/mol. The minimum Gasteiger partial charge on any atom is -0.381 e. The summed E-state index contributed by atoms with van der Waals surface area (Å²) in [6.07, 6.45) is 1.42. The molecule has 0 aromatic heterocycles. The third-order valence-electron chi connectivity index (χ3n) is 3.25. The molecule has 2 rings (SSSR count). The molecule has 1 saturated heterocycles. The second-order valence-corrected chi connectivity index (χ2v) is 4.67. The molecule has 0 bridgehead atoms. The first-order chi connectivity index (χ1) is 9.22. The number of nitrogens with two attached hydrogens (primary N) is 1. The fourth-order valence-electron chi connectivity index (χ4n) is 2.21. The number of hydrogen-bond acceptors (Lipinski definition) is 3. The molecule has 5 heteroatoms. The van der Waals surface area contributed by atoms with Gasteiger partial charge in [-0.2, -0.15) is 0 Å². The molecular formula is C14H19FN2O2. The lowest BCUT2D eigenvalue weighted by Gasteiger charge is -2.25. The van der Waals surface area contributed by atoms with E-state index in [0.717, 1.165) is 6.42 Å². The molecule has 0 radical (unpaired) electrons. The number of benzene rings is 1. The molecule has 1 aromatic carbocycles. The summed E-state index contributed by atoms with van der Waals surface area (Å²) in [5.41, 5.74) is 6.09. The third-order valence-corrected chi connectivity index (χ3v) is 3.25. The van der Waals surface area contributed by atoms with E-state index in [9.17, 15) is 9.18 Å². The molecule has 1 atom stereocenters. The summed E-state index contributed by atoms with van der Waals surface area (Å²) in [6, 6.07) is 6.10. The first-order valence-electron chi connectivity index (χ1n) is 6.57. The number of nitrogens with zero attached hydrogens (tertiary/aromatic N) is 1. The predicted molar refractivity (Wildman–Crippen MR) is 71.4 cm³/mol. The SMILES string of the molecule is NCCCN(C(=O)C1CCOC1)c1cccc(F)c1. The number of hydrogen-bond donors (Lipinski definition) is 1. The summed E-state index contributed by atoms with van der Waals surface area (Å²) in [4.78, 5) is 14.1. The van der Waals surface area contributed by atoms with Gasteiger partial charge in [-0.15, -0.1) is 0 Å². The number of carbonyl (C=O) groups excluding carboxylic acids is 1. The van der Waals surface area contributed by atoms with Crippen molar-refractivity contribution >= 4 is 11.6 Å². The molecule has 0 aliphatic carbocycles. The molecule has 104 valence electrons. The van der Waals surface area contributed by atoms with Crippen LogP contribution in [0.3, 0.4) is 0 Å². The normalized spacial score (nSPS) is 18.5. The summed E-state index contributed by atoms with van der Waals surface area (Å²) < 4.78 is 18.5. The van der Waals surface area contributed by atoms with Crippen molar-refractivity contribution < 1.29 is 13.9 Å². The Morgan fingerprint density at radius 2 is 2.37 bits per heavy atom. The van der Waals surface area contributed by atoms with Crippen LogP contribution in [0.1, 0.15) is 12.8 Å². The van der Waals surface area contributed by atoms with Crippen molar-refractivity contribution in [2.45, 2.75) is 12.8 Å². The van der Waals surface area contributed by atoms with Crippen molar-refractivity contribution in [3.8, 4) is 0 Å². The van der Waals surface area contributed by atoms with Gasteiger partial charge < -0.3 is 15.4 Å². The zero-order valence-corrected chi connectivity index (χ0v) is 10.8. The van der Waals surface area contributed by atoms with Crippen LogP contribution in [0.2, 0.25) is 0 Å². The Morgan fingerprint density at radius 3 is 3.00 bits per heavy atom. The summed E-state index contributed by atoms with van der Waals surface area (Å²) in [5, 5.41) is 0. The highest BCUT2D eigenvalue weighted by Gasteiger charge is 2.28. The minimum absolute atomic E-state index is 0.00319. The van der Waals surface area contributed by atoms with E-state index in [2.05, 4.69) is 0 Å². The molecule has 0 saturated carbocycles. The van der Waals surface area contributed by atoms with Crippen molar-refractivity contribution in [1.29, 1.82) is 0 Å². The molecule has 1 fully saturated rings. The fourth-order valence-corrected chi connectivity index (χ4v) is 2.21. The van der Waals surface area contributed by atoms with Crippen LogP contribution in [0, 0.1) is 11.7 Å².